The number of carbonyl (C=O) groups is 2. The molecular weight excluding hydrogens is 316 g/mol. The van der Waals surface area contributed by atoms with Crippen molar-refractivity contribution in [2.75, 3.05) is 18.4 Å². The van der Waals surface area contributed by atoms with Crippen molar-refractivity contribution < 1.29 is 18.4 Å². The molecule has 2 saturated heterocycles. The van der Waals surface area contributed by atoms with E-state index in [1.807, 2.05) is 6.07 Å². The third-order valence-corrected chi connectivity index (χ3v) is 4.69. The summed E-state index contributed by atoms with van der Waals surface area (Å²) in [5, 5.41) is 8.36. The Morgan fingerprint density at radius 1 is 1.12 bits per heavy atom. The predicted octanol–water partition coefficient (Wildman–Crippen LogP) is 2.31. The summed E-state index contributed by atoms with van der Waals surface area (Å²) >= 11 is 0. The average Bonchev–Trinajstić information content (AvgIpc) is 2.58. The number of rotatable bonds is 4. The number of piperidine rings is 2. The highest BCUT2D eigenvalue weighted by molar-refractivity contribution is 6.01. The Morgan fingerprint density at radius 3 is 2.54 bits per heavy atom. The van der Waals surface area contributed by atoms with Crippen molar-refractivity contribution in [1.29, 1.82) is 0 Å². The Kier molecular flexibility index (Phi) is 5.08. The van der Waals surface area contributed by atoms with E-state index in [4.69, 9.17) is 0 Å². The van der Waals surface area contributed by atoms with Crippen LogP contribution < -0.4 is 16.0 Å². The Labute approximate surface area is 139 Å². The number of benzene rings is 1. The molecule has 24 heavy (non-hydrogen) atoms. The minimum atomic E-state index is -2.62. The number of hydrogen-bond acceptors (Lipinski definition) is 4. The van der Waals surface area contributed by atoms with Gasteiger partial charge in [-0.25, -0.2) is 8.78 Å². The van der Waals surface area contributed by atoms with Crippen LogP contribution in [0.1, 0.15) is 49.2 Å². The Balaban J connectivity index is 1.79. The number of carbonyl (C=O) groups excluding carboxylic acids is 2. The average molecular weight is 337 g/mol. The fraction of sp³-hybridized carbons (Fsp3) is 0.529. The van der Waals surface area contributed by atoms with Crippen LogP contribution in [0.15, 0.2) is 18.2 Å². The molecule has 0 bridgehead atoms. The summed E-state index contributed by atoms with van der Waals surface area (Å²) in [6.45, 7) is 1.79. The molecule has 0 aromatic heterocycles. The van der Waals surface area contributed by atoms with Gasteiger partial charge >= 0.3 is 0 Å². The normalized spacial score (nSPS) is 22.5. The van der Waals surface area contributed by atoms with E-state index in [1.165, 1.54) is 0 Å². The molecule has 5 nitrogen and oxygen atoms in total. The zero-order valence-electron chi connectivity index (χ0n) is 13.3. The molecule has 2 heterocycles. The molecule has 130 valence electrons. The van der Waals surface area contributed by atoms with Crippen molar-refractivity contribution in [2.45, 2.75) is 44.1 Å². The fourth-order valence-corrected chi connectivity index (χ4v) is 3.32. The van der Waals surface area contributed by atoms with Gasteiger partial charge in [0.05, 0.1) is 0 Å². The Morgan fingerprint density at radius 2 is 1.88 bits per heavy atom. The highest BCUT2D eigenvalue weighted by Crippen LogP contribution is 2.34. The monoisotopic (exact) mass is 337 g/mol. The third-order valence-electron chi connectivity index (χ3n) is 4.69. The minimum Gasteiger partial charge on any atom is -0.373 e. The smallest absolute Gasteiger partial charge is 0.265 e. The van der Waals surface area contributed by atoms with Crippen molar-refractivity contribution in [3.8, 4) is 0 Å². The van der Waals surface area contributed by atoms with E-state index in [0.29, 0.717) is 6.42 Å². The van der Waals surface area contributed by atoms with E-state index in [2.05, 4.69) is 16.0 Å². The maximum Gasteiger partial charge on any atom is 0.265 e. The highest BCUT2D eigenvalue weighted by Gasteiger charge is 2.28. The number of amides is 2. The van der Waals surface area contributed by atoms with Gasteiger partial charge in [-0.3, -0.25) is 14.9 Å². The summed E-state index contributed by atoms with van der Waals surface area (Å²) in [7, 11) is 0. The first-order valence-corrected chi connectivity index (χ1v) is 8.27. The van der Waals surface area contributed by atoms with Crippen LogP contribution in [0.25, 0.3) is 0 Å². The largest absolute Gasteiger partial charge is 0.373 e. The number of nitrogens with one attached hydrogen (secondary N) is 3. The van der Waals surface area contributed by atoms with Gasteiger partial charge in [0.1, 0.15) is 6.04 Å². The lowest BCUT2D eigenvalue weighted by atomic mass is 9.89. The summed E-state index contributed by atoms with van der Waals surface area (Å²) in [4.78, 5) is 23.0. The number of imide groups is 1. The number of alkyl halides is 2. The maximum absolute atomic E-state index is 13.5. The fourth-order valence-electron chi connectivity index (χ4n) is 3.32. The molecule has 2 fully saturated rings. The summed E-state index contributed by atoms with van der Waals surface area (Å²) in [6, 6.07) is 4.37. The molecule has 2 aliphatic rings. The zero-order chi connectivity index (χ0) is 17.1. The van der Waals surface area contributed by atoms with Gasteiger partial charge in [-0.05, 0) is 56.0 Å². The molecule has 3 N–H and O–H groups in total. The SMILES string of the molecule is O=C1CCC(Nc2ccc(C3CCNCC3)cc2C(F)F)C(=O)N1. The Hall–Kier alpha value is -2.02. The van der Waals surface area contributed by atoms with E-state index in [1.54, 1.807) is 12.1 Å². The maximum atomic E-state index is 13.5. The van der Waals surface area contributed by atoms with Crippen molar-refractivity contribution in [3.05, 3.63) is 29.3 Å². The van der Waals surface area contributed by atoms with Gasteiger partial charge in [0.15, 0.2) is 0 Å². The lowest BCUT2D eigenvalue weighted by Gasteiger charge is -2.26. The second kappa shape index (κ2) is 7.25. The van der Waals surface area contributed by atoms with Gasteiger partial charge in [0.25, 0.3) is 6.43 Å². The molecule has 1 unspecified atom stereocenters. The van der Waals surface area contributed by atoms with Gasteiger partial charge in [-0.15, -0.1) is 0 Å². The lowest BCUT2D eigenvalue weighted by Crippen LogP contribution is -2.47. The Bertz CT molecular complexity index is 630. The topological polar surface area (TPSA) is 70.2 Å². The predicted molar refractivity (Wildman–Crippen MR) is 86.0 cm³/mol. The first kappa shape index (κ1) is 16.8. The first-order chi connectivity index (χ1) is 11.5. The molecule has 7 heteroatoms. The van der Waals surface area contributed by atoms with Crippen LogP contribution in [-0.4, -0.2) is 30.9 Å². The summed E-state index contributed by atoms with van der Waals surface area (Å²) in [6.07, 6.45) is -0.239. The molecule has 1 aromatic carbocycles. The standard InChI is InChI=1S/C17H21F2N3O2/c18-16(19)12-9-11(10-5-7-20-8-6-10)1-2-13(12)21-14-3-4-15(23)22-17(14)24/h1-2,9-10,14,16,20-21H,3-8H2,(H,22,23,24). The van der Waals surface area contributed by atoms with Gasteiger partial charge in [0.2, 0.25) is 11.8 Å². The molecule has 2 aliphatic heterocycles. The van der Waals surface area contributed by atoms with E-state index in [0.717, 1.165) is 31.5 Å². The number of hydrogen-bond donors (Lipinski definition) is 3. The van der Waals surface area contributed by atoms with E-state index in [-0.39, 0.29) is 29.5 Å². The summed E-state index contributed by atoms with van der Waals surface area (Å²) < 4.78 is 27.0. The van der Waals surface area contributed by atoms with Crippen molar-refractivity contribution in [3.63, 3.8) is 0 Å². The summed E-state index contributed by atoms with van der Waals surface area (Å²) in [5.41, 5.74) is 1.09. The van der Waals surface area contributed by atoms with Crippen LogP contribution >= 0.6 is 0 Å². The van der Waals surface area contributed by atoms with Crippen molar-refractivity contribution >= 4 is 17.5 Å². The number of halogens is 2. The molecule has 1 atom stereocenters. The van der Waals surface area contributed by atoms with Gasteiger partial charge < -0.3 is 10.6 Å². The van der Waals surface area contributed by atoms with E-state index >= 15 is 0 Å². The van der Waals surface area contributed by atoms with E-state index < -0.39 is 18.4 Å². The highest BCUT2D eigenvalue weighted by atomic mass is 19.3. The molecule has 3 rings (SSSR count). The van der Waals surface area contributed by atoms with Crippen LogP contribution in [0.5, 0.6) is 0 Å². The van der Waals surface area contributed by atoms with Gasteiger partial charge in [-0.1, -0.05) is 6.07 Å². The molecule has 0 spiro atoms. The van der Waals surface area contributed by atoms with Crippen LogP contribution in [-0.2, 0) is 9.59 Å². The molecule has 0 aliphatic carbocycles. The third kappa shape index (κ3) is 3.72. The van der Waals surface area contributed by atoms with E-state index in [9.17, 15) is 18.4 Å². The van der Waals surface area contributed by atoms with Crippen LogP contribution in [0.2, 0.25) is 0 Å². The molecule has 1 aromatic rings. The second-order valence-electron chi connectivity index (χ2n) is 6.32. The summed E-state index contributed by atoms with van der Waals surface area (Å²) in [5.74, 6) is -0.504. The van der Waals surface area contributed by atoms with Gasteiger partial charge in [-0.2, -0.15) is 0 Å². The van der Waals surface area contributed by atoms with Crippen LogP contribution in [0, 0.1) is 0 Å². The van der Waals surface area contributed by atoms with Crippen LogP contribution in [0.3, 0.4) is 0 Å². The van der Waals surface area contributed by atoms with Crippen molar-refractivity contribution in [1.82, 2.24) is 10.6 Å². The zero-order valence-corrected chi connectivity index (χ0v) is 13.3. The molecule has 0 saturated carbocycles. The second-order valence-corrected chi connectivity index (χ2v) is 6.32. The first-order valence-electron chi connectivity index (χ1n) is 8.27. The lowest BCUT2D eigenvalue weighted by molar-refractivity contribution is -0.133. The van der Waals surface area contributed by atoms with Crippen LogP contribution in [0.4, 0.5) is 14.5 Å². The quantitative estimate of drug-likeness (QED) is 0.738. The van der Waals surface area contributed by atoms with Gasteiger partial charge in [0, 0.05) is 17.7 Å². The molecule has 2 amide bonds. The molecular formula is C17H21F2N3O2. The minimum absolute atomic E-state index is 0.0873. The molecule has 0 radical (unpaired) electrons. The van der Waals surface area contributed by atoms with Crippen molar-refractivity contribution in [2.24, 2.45) is 0 Å². The number of anilines is 1.